The zero-order valence-corrected chi connectivity index (χ0v) is 15.7. The first kappa shape index (κ1) is 19.2. The lowest BCUT2D eigenvalue weighted by Crippen LogP contribution is -2.42. The molecule has 138 valence electrons. The zero-order valence-electron chi connectivity index (χ0n) is 15.7. The number of hydrogen-bond donors (Lipinski definition) is 3. The molecular formula is C19H30FN5. The van der Waals surface area contributed by atoms with Gasteiger partial charge in [-0.3, -0.25) is 4.99 Å². The molecule has 2 rings (SSSR count). The molecule has 1 heterocycles. The molecule has 0 amide bonds. The van der Waals surface area contributed by atoms with E-state index < -0.39 is 0 Å². The number of guanidine groups is 1. The predicted octanol–water partition coefficient (Wildman–Crippen LogP) is 2.74. The normalized spacial score (nSPS) is 13.4. The Hall–Kier alpha value is -2.08. The lowest BCUT2D eigenvalue weighted by molar-refractivity contribution is 0.255. The second-order valence-electron chi connectivity index (χ2n) is 6.42. The van der Waals surface area contributed by atoms with Crippen LogP contribution in [0.3, 0.4) is 0 Å². The fourth-order valence-corrected chi connectivity index (χ4v) is 2.78. The molecule has 1 atom stereocenters. The maximum Gasteiger partial charge on any atom is 0.191 e. The Kier molecular flexibility index (Phi) is 7.25. The van der Waals surface area contributed by atoms with Crippen molar-refractivity contribution >= 4 is 16.9 Å². The topological polar surface area (TPSA) is 55.4 Å². The van der Waals surface area contributed by atoms with Crippen molar-refractivity contribution in [3.8, 4) is 0 Å². The summed E-state index contributed by atoms with van der Waals surface area (Å²) in [5.74, 6) is 0.592. The van der Waals surface area contributed by atoms with E-state index in [0.29, 0.717) is 6.04 Å². The number of fused-ring (bicyclic) bond motifs is 1. The van der Waals surface area contributed by atoms with Crippen molar-refractivity contribution in [1.29, 1.82) is 0 Å². The van der Waals surface area contributed by atoms with Crippen LogP contribution in [0.25, 0.3) is 10.9 Å². The van der Waals surface area contributed by atoms with E-state index in [4.69, 9.17) is 0 Å². The summed E-state index contributed by atoms with van der Waals surface area (Å²) >= 11 is 0. The summed E-state index contributed by atoms with van der Waals surface area (Å²) in [5, 5.41) is 7.75. The number of nitrogens with zero attached hydrogens (tertiary/aromatic N) is 2. The third-order valence-electron chi connectivity index (χ3n) is 4.74. The summed E-state index contributed by atoms with van der Waals surface area (Å²) in [7, 11) is 3.92. The fraction of sp³-hybridized carbons (Fsp3) is 0.526. The molecule has 6 heteroatoms. The first-order valence-electron chi connectivity index (χ1n) is 8.95. The second-order valence-corrected chi connectivity index (χ2v) is 6.42. The molecule has 5 nitrogen and oxygen atoms in total. The molecule has 1 aromatic carbocycles. The molecule has 0 fully saturated rings. The van der Waals surface area contributed by atoms with Crippen LogP contribution in [0, 0.1) is 5.82 Å². The second kappa shape index (κ2) is 9.42. The number of halogens is 1. The van der Waals surface area contributed by atoms with E-state index in [-0.39, 0.29) is 5.82 Å². The Morgan fingerprint density at radius 2 is 2.08 bits per heavy atom. The number of aromatic amines is 1. The van der Waals surface area contributed by atoms with Crippen LogP contribution in [-0.4, -0.2) is 55.6 Å². The maximum absolute atomic E-state index is 13.2. The van der Waals surface area contributed by atoms with Crippen LogP contribution in [0.15, 0.2) is 29.4 Å². The number of aliphatic imine (C=N–C) groups is 1. The summed E-state index contributed by atoms with van der Waals surface area (Å²) < 4.78 is 13.2. The molecule has 0 saturated heterocycles. The van der Waals surface area contributed by atoms with Crippen molar-refractivity contribution in [1.82, 2.24) is 20.5 Å². The standard InChI is InChI=1S/C19H30FN5/c1-5-14(2)25(4)11-10-23-19(21-3)22-9-8-15-13-24-18-12-16(20)6-7-17(15)18/h6-7,12-14,24H,5,8-11H2,1-4H3,(H2,21,22,23). The molecule has 0 spiro atoms. The smallest absolute Gasteiger partial charge is 0.191 e. The van der Waals surface area contributed by atoms with E-state index in [1.807, 2.05) is 12.3 Å². The molecule has 0 saturated carbocycles. The summed E-state index contributed by atoms with van der Waals surface area (Å²) in [6.45, 7) is 7.04. The minimum Gasteiger partial charge on any atom is -0.361 e. The number of H-pyrrole nitrogens is 1. The SMILES string of the molecule is CCC(C)N(C)CCNC(=NC)NCCc1c[nH]c2cc(F)ccc12. The third-order valence-corrected chi connectivity index (χ3v) is 4.74. The van der Waals surface area contributed by atoms with Crippen LogP contribution in [-0.2, 0) is 6.42 Å². The lowest BCUT2D eigenvalue weighted by Gasteiger charge is -2.23. The van der Waals surface area contributed by atoms with Gasteiger partial charge in [0.05, 0.1) is 0 Å². The van der Waals surface area contributed by atoms with E-state index in [0.717, 1.165) is 49.3 Å². The van der Waals surface area contributed by atoms with Crippen LogP contribution in [0.5, 0.6) is 0 Å². The van der Waals surface area contributed by atoms with Gasteiger partial charge >= 0.3 is 0 Å². The van der Waals surface area contributed by atoms with Crippen molar-refractivity contribution in [2.75, 3.05) is 33.7 Å². The van der Waals surface area contributed by atoms with E-state index in [9.17, 15) is 4.39 Å². The molecule has 0 aliphatic carbocycles. The number of benzene rings is 1. The Bertz CT molecular complexity index is 694. The molecular weight excluding hydrogens is 317 g/mol. The van der Waals surface area contributed by atoms with Gasteiger partial charge in [0.2, 0.25) is 0 Å². The van der Waals surface area contributed by atoms with E-state index in [1.54, 1.807) is 7.05 Å². The number of likely N-dealkylation sites (N-methyl/N-ethyl adjacent to an activating group) is 1. The minimum absolute atomic E-state index is 0.217. The number of aromatic nitrogens is 1. The van der Waals surface area contributed by atoms with Gasteiger partial charge in [0.1, 0.15) is 5.82 Å². The van der Waals surface area contributed by atoms with Crippen molar-refractivity contribution in [3.05, 3.63) is 35.8 Å². The Morgan fingerprint density at radius 3 is 2.80 bits per heavy atom. The van der Waals surface area contributed by atoms with E-state index >= 15 is 0 Å². The van der Waals surface area contributed by atoms with Crippen LogP contribution in [0.1, 0.15) is 25.8 Å². The van der Waals surface area contributed by atoms with Crippen molar-refractivity contribution in [3.63, 3.8) is 0 Å². The molecule has 2 aromatic rings. The third kappa shape index (κ3) is 5.46. The monoisotopic (exact) mass is 347 g/mol. The fourth-order valence-electron chi connectivity index (χ4n) is 2.78. The molecule has 3 N–H and O–H groups in total. The van der Waals surface area contributed by atoms with Crippen molar-refractivity contribution < 1.29 is 4.39 Å². The lowest BCUT2D eigenvalue weighted by atomic mass is 10.1. The van der Waals surface area contributed by atoms with Gasteiger partial charge < -0.3 is 20.5 Å². The number of nitrogens with one attached hydrogen (secondary N) is 3. The molecule has 0 aliphatic heterocycles. The molecule has 1 aromatic heterocycles. The molecule has 0 aliphatic rings. The van der Waals surface area contributed by atoms with Gasteiger partial charge in [-0.1, -0.05) is 6.92 Å². The van der Waals surface area contributed by atoms with Crippen LogP contribution in [0.4, 0.5) is 4.39 Å². The van der Waals surface area contributed by atoms with Gasteiger partial charge in [0, 0.05) is 49.8 Å². The first-order chi connectivity index (χ1) is 12.0. The molecule has 25 heavy (non-hydrogen) atoms. The van der Waals surface area contributed by atoms with Crippen molar-refractivity contribution in [2.45, 2.75) is 32.7 Å². The molecule has 0 radical (unpaired) electrons. The highest BCUT2D eigenvalue weighted by atomic mass is 19.1. The van der Waals surface area contributed by atoms with Crippen molar-refractivity contribution in [2.24, 2.45) is 4.99 Å². The molecule has 0 bridgehead atoms. The summed E-state index contributed by atoms with van der Waals surface area (Å²) in [5.41, 5.74) is 2.01. The number of hydrogen-bond acceptors (Lipinski definition) is 2. The van der Waals surface area contributed by atoms with Gasteiger partial charge in [-0.15, -0.1) is 0 Å². The van der Waals surface area contributed by atoms with Gasteiger partial charge in [-0.2, -0.15) is 0 Å². The summed E-state index contributed by atoms with van der Waals surface area (Å²) in [6, 6.07) is 5.44. The predicted molar refractivity (Wildman–Crippen MR) is 104 cm³/mol. The van der Waals surface area contributed by atoms with Gasteiger partial charge in [0.25, 0.3) is 0 Å². The van der Waals surface area contributed by atoms with E-state index in [1.165, 1.54) is 17.7 Å². The Morgan fingerprint density at radius 1 is 1.32 bits per heavy atom. The zero-order chi connectivity index (χ0) is 18.2. The largest absolute Gasteiger partial charge is 0.361 e. The van der Waals surface area contributed by atoms with Crippen LogP contribution >= 0.6 is 0 Å². The highest BCUT2D eigenvalue weighted by Gasteiger charge is 2.07. The summed E-state index contributed by atoms with van der Waals surface area (Å²) in [6.07, 6.45) is 3.94. The number of rotatable bonds is 8. The van der Waals surface area contributed by atoms with Gasteiger partial charge in [0.15, 0.2) is 5.96 Å². The minimum atomic E-state index is -0.217. The van der Waals surface area contributed by atoms with E-state index in [2.05, 4.69) is 46.4 Å². The average molecular weight is 347 g/mol. The van der Waals surface area contributed by atoms with Gasteiger partial charge in [-0.05, 0) is 50.6 Å². The van der Waals surface area contributed by atoms with Crippen LogP contribution < -0.4 is 10.6 Å². The quantitative estimate of drug-likeness (QED) is 0.508. The Labute approximate surface area is 149 Å². The molecule has 1 unspecified atom stereocenters. The summed E-state index contributed by atoms with van der Waals surface area (Å²) in [4.78, 5) is 9.72. The first-order valence-corrected chi connectivity index (χ1v) is 8.95. The average Bonchev–Trinajstić information content (AvgIpc) is 3.01. The Balaban J connectivity index is 1.77. The highest BCUT2D eigenvalue weighted by Crippen LogP contribution is 2.19. The highest BCUT2D eigenvalue weighted by molar-refractivity contribution is 5.83. The van der Waals surface area contributed by atoms with Gasteiger partial charge in [-0.25, -0.2) is 4.39 Å². The maximum atomic E-state index is 13.2. The van der Waals surface area contributed by atoms with Crippen LogP contribution in [0.2, 0.25) is 0 Å².